The van der Waals surface area contributed by atoms with Gasteiger partial charge in [-0.15, -0.1) is 0 Å². The van der Waals surface area contributed by atoms with Gasteiger partial charge in [-0.1, -0.05) is 40.0 Å². The first-order chi connectivity index (χ1) is 7.66. The molecule has 4 nitrogen and oxygen atoms in total. The molecule has 0 amide bonds. The highest BCUT2D eigenvalue weighted by atomic mass is 17.1. The highest BCUT2D eigenvalue weighted by Crippen LogP contribution is 2.24. The molecule has 0 rings (SSSR count). The van der Waals surface area contributed by atoms with Gasteiger partial charge in [0, 0.05) is 0 Å². The van der Waals surface area contributed by atoms with Crippen LogP contribution >= 0.6 is 0 Å². The highest BCUT2D eigenvalue weighted by molar-refractivity contribution is 5.79. The van der Waals surface area contributed by atoms with Crippen LogP contribution in [0.1, 0.15) is 59.3 Å². The summed E-state index contributed by atoms with van der Waals surface area (Å²) >= 11 is 0. The van der Waals surface area contributed by atoms with E-state index >= 15 is 0 Å². The Bertz CT molecular complexity index is 187. The Kier molecular flexibility index (Phi) is 8.21. The van der Waals surface area contributed by atoms with Crippen molar-refractivity contribution in [1.82, 2.24) is 0 Å². The molecule has 0 radical (unpaired) electrons. The summed E-state index contributed by atoms with van der Waals surface area (Å²) in [7, 11) is 0. The number of unbranched alkanes of at least 4 members (excludes halogenated alkanes) is 2. The van der Waals surface area contributed by atoms with Gasteiger partial charge in [0.1, 0.15) is 0 Å². The van der Waals surface area contributed by atoms with Gasteiger partial charge < -0.3 is 4.74 Å². The second kappa shape index (κ2) is 8.53. The van der Waals surface area contributed by atoms with Crippen molar-refractivity contribution in [2.24, 2.45) is 0 Å². The average Bonchev–Trinajstić information content (AvgIpc) is 2.31. The van der Waals surface area contributed by atoms with Crippen molar-refractivity contribution in [2.45, 2.75) is 64.9 Å². The van der Waals surface area contributed by atoms with Crippen molar-refractivity contribution < 1.29 is 19.7 Å². The van der Waals surface area contributed by atoms with E-state index in [9.17, 15) is 4.79 Å². The molecular formula is C12H24O4. The molecule has 0 spiro atoms. The predicted molar refractivity (Wildman–Crippen MR) is 62.1 cm³/mol. The maximum absolute atomic E-state index is 11.8. The number of esters is 1. The second-order valence-corrected chi connectivity index (χ2v) is 4.03. The Morgan fingerprint density at radius 1 is 1.19 bits per heavy atom. The molecule has 0 aromatic rings. The Morgan fingerprint density at radius 2 is 1.81 bits per heavy atom. The van der Waals surface area contributed by atoms with Gasteiger partial charge in [0.15, 0.2) is 5.60 Å². The molecule has 1 atom stereocenters. The van der Waals surface area contributed by atoms with Gasteiger partial charge in [0.25, 0.3) is 0 Å². The molecule has 0 aromatic carbocycles. The summed E-state index contributed by atoms with van der Waals surface area (Å²) in [4.78, 5) is 16.2. The van der Waals surface area contributed by atoms with E-state index in [0.717, 1.165) is 25.7 Å². The molecule has 0 fully saturated rings. The number of rotatable bonds is 9. The lowest BCUT2D eigenvalue weighted by Gasteiger charge is -2.26. The molecule has 0 bridgehead atoms. The van der Waals surface area contributed by atoms with Crippen molar-refractivity contribution in [3.8, 4) is 0 Å². The molecule has 1 unspecified atom stereocenters. The van der Waals surface area contributed by atoms with Crippen LogP contribution in [0.4, 0.5) is 0 Å². The molecule has 0 aromatic heterocycles. The Balaban J connectivity index is 4.31. The van der Waals surface area contributed by atoms with Crippen LogP contribution in [-0.2, 0) is 14.4 Å². The van der Waals surface area contributed by atoms with E-state index in [0.29, 0.717) is 19.4 Å². The Labute approximate surface area is 97.9 Å². The predicted octanol–water partition coefficient (Wildman–Crippen LogP) is 3.16. The van der Waals surface area contributed by atoms with Crippen LogP contribution in [0, 0.1) is 0 Å². The summed E-state index contributed by atoms with van der Waals surface area (Å²) in [6.07, 6.45) is 4.52. The maximum Gasteiger partial charge on any atom is 0.341 e. The normalized spacial score (nSPS) is 14.5. The van der Waals surface area contributed by atoms with Gasteiger partial charge in [-0.3, -0.25) is 5.26 Å². The fraction of sp³-hybridized carbons (Fsp3) is 0.917. The van der Waals surface area contributed by atoms with Gasteiger partial charge >= 0.3 is 5.97 Å². The molecule has 0 saturated heterocycles. The van der Waals surface area contributed by atoms with Crippen molar-refractivity contribution in [1.29, 1.82) is 0 Å². The number of carbonyl (C=O) groups is 1. The number of carbonyl (C=O) groups excluding carboxylic acids is 1. The van der Waals surface area contributed by atoms with E-state index in [-0.39, 0.29) is 0 Å². The minimum Gasteiger partial charge on any atom is -0.463 e. The van der Waals surface area contributed by atoms with Crippen LogP contribution in [0.25, 0.3) is 0 Å². The van der Waals surface area contributed by atoms with Gasteiger partial charge in [0.2, 0.25) is 0 Å². The molecule has 0 heterocycles. The fourth-order valence-electron chi connectivity index (χ4n) is 1.47. The Hall–Kier alpha value is -0.610. The zero-order valence-corrected chi connectivity index (χ0v) is 10.6. The summed E-state index contributed by atoms with van der Waals surface area (Å²) in [6.45, 7) is 6.26. The quantitative estimate of drug-likeness (QED) is 0.287. The van der Waals surface area contributed by atoms with E-state index in [1.54, 1.807) is 0 Å². The van der Waals surface area contributed by atoms with Gasteiger partial charge in [0.05, 0.1) is 6.61 Å². The van der Waals surface area contributed by atoms with Crippen molar-refractivity contribution in [3.63, 3.8) is 0 Å². The van der Waals surface area contributed by atoms with E-state index < -0.39 is 11.6 Å². The van der Waals surface area contributed by atoms with E-state index in [1.807, 2.05) is 20.8 Å². The van der Waals surface area contributed by atoms with E-state index in [1.165, 1.54) is 0 Å². The zero-order valence-electron chi connectivity index (χ0n) is 10.6. The molecule has 96 valence electrons. The maximum atomic E-state index is 11.8. The van der Waals surface area contributed by atoms with Gasteiger partial charge in [-0.2, -0.15) is 0 Å². The van der Waals surface area contributed by atoms with E-state index in [2.05, 4.69) is 4.89 Å². The minimum absolute atomic E-state index is 0.395. The van der Waals surface area contributed by atoms with Gasteiger partial charge in [-0.05, 0) is 19.3 Å². The molecular weight excluding hydrogens is 208 g/mol. The van der Waals surface area contributed by atoms with Crippen LogP contribution in [0.5, 0.6) is 0 Å². The summed E-state index contributed by atoms with van der Waals surface area (Å²) in [5.41, 5.74) is -1.16. The van der Waals surface area contributed by atoms with Crippen molar-refractivity contribution in [2.75, 3.05) is 6.61 Å². The van der Waals surface area contributed by atoms with E-state index in [4.69, 9.17) is 9.99 Å². The Morgan fingerprint density at radius 3 is 2.25 bits per heavy atom. The van der Waals surface area contributed by atoms with Crippen LogP contribution in [0.3, 0.4) is 0 Å². The summed E-state index contributed by atoms with van der Waals surface area (Å²) < 4.78 is 5.10. The lowest BCUT2D eigenvalue weighted by Crippen LogP contribution is -2.42. The third-order valence-corrected chi connectivity index (χ3v) is 2.78. The zero-order chi connectivity index (χ0) is 12.4. The summed E-state index contributed by atoms with van der Waals surface area (Å²) in [5, 5.41) is 8.93. The van der Waals surface area contributed by atoms with Crippen LogP contribution < -0.4 is 0 Å². The average molecular weight is 232 g/mol. The summed E-state index contributed by atoms with van der Waals surface area (Å²) in [6, 6.07) is 0. The van der Waals surface area contributed by atoms with Gasteiger partial charge in [-0.25, -0.2) is 9.68 Å². The highest BCUT2D eigenvalue weighted by Gasteiger charge is 2.39. The monoisotopic (exact) mass is 232 g/mol. The second-order valence-electron chi connectivity index (χ2n) is 4.03. The van der Waals surface area contributed by atoms with Crippen molar-refractivity contribution in [3.05, 3.63) is 0 Å². The standard InChI is InChI=1S/C12H24O4/c1-4-7-9-12(6-3,16-14)11(13)15-10-8-5-2/h14H,4-10H2,1-3H3. The molecule has 16 heavy (non-hydrogen) atoms. The topological polar surface area (TPSA) is 55.8 Å². The number of hydrogen-bond acceptors (Lipinski definition) is 4. The first-order valence-corrected chi connectivity index (χ1v) is 6.16. The van der Waals surface area contributed by atoms with Crippen LogP contribution in [0.15, 0.2) is 0 Å². The van der Waals surface area contributed by atoms with Crippen molar-refractivity contribution >= 4 is 5.97 Å². The lowest BCUT2D eigenvalue weighted by molar-refractivity contribution is -0.321. The third-order valence-electron chi connectivity index (χ3n) is 2.78. The molecule has 0 saturated carbocycles. The molecule has 1 N–H and O–H groups in total. The first-order valence-electron chi connectivity index (χ1n) is 6.16. The SMILES string of the molecule is CCCCOC(=O)C(CC)(CCCC)OO. The van der Waals surface area contributed by atoms with Crippen LogP contribution in [0.2, 0.25) is 0 Å². The molecule has 0 aliphatic heterocycles. The smallest absolute Gasteiger partial charge is 0.341 e. The third kappa shape index (κ3) is 4.49. The number of hydrogen-bond donors (Lipinski definition) is 1. The molecule has 0 aliphatic carbocycles. The molecule has 0 aliphatic rings. The fourth-order valence-corrected chi connectivity index (χ4v) is 1.47. The largest absolute Gasteiger partial charge is 0.463 e. The number of ether oxygens (including phenoxy) is 1. The minimum atomic E-state index is -1.16. The van der Waals surface area contributed by atoms with Crippen LogP contribution in [-0.4, -0.2) is 23.4 Å². The lowest BCUT2D eigenvalue weighted by atomic mass is 9.94. The molecule has 4 heteroatoms. The summed E-state index contributed by atoms with van der Waals surface area (Å²) in [5.74, 6) is -0.445. The first kappa shape index (κ1) is 15.4.